The van der Waals surface area contributed by atoms with E-state index in [1.165, 1.54) is 4.90 Å². The van der Waals surface area contributed by atoms with Gasteiger partial charge in [-0.05, 0) is 62.6 Å². The first-order chi connectivity index (χ1) is 11.9. The lowest BCUT2D eigenvalue weighted by atomic mass is 9.81. The standard InChI is InChI=1S/C19H21ClN2O3/c1-9-3-6-13(8-14(9)20)21-17(23)10(2)22-18(24)15-11-4-5-12(7-11)16(15)19(22)25/h3,6,8,10-12,15-16H,4-5,7H2,1-2H3,(H,21,23)/t10-,11+,12+,15-,16+/m0/s1. The second-order valence-electron chi connectivity index (χ2n) is 7.56. The fourth-order valence-corrected chi connectivity index (χ4v) is 5.03. The van der Waals surface area contributed by atoms with Crippen LogP contribution in [0.15, 0.2) is 18.2 Å². The Hall–Kier alpha value is -1.88. The summed E-state index contributed by atoms with van der Waals surface area (Å²) in [6.07, 6.45) is 3.05. The smallest absolute Gasteiger partial charge is 0.247 e. The summed E-state index contributed by atoms with van der Waals surface area (Å²) in [5, 5.41) is 3.32. The van der Waals surface area contributed by atoms with Crippen molar-refractivity contribution in [1.82, 2.24) is 4.90 Å². The Labute approximate surface area is 151 Å². The zero-order valence-corrected chi connectivity index (χ0v) is 15.0. The molecule has 3 aliphatic rings. The van der Waals surface area contributed by atoms with Gasteiger partial charge < -0.3 is 5.32 Å². The van der Waals surface area contributed by atoms with Crippen LogP contribution in [0, 0.1) is 30.6 Å². The average Bonchev–Trinajstić information content (AvgIpc) is 3.24. The lowest BCUT2D eigenvalue weighted by Gasteiger charge is -2.23. The number of imide groups is 1. The fraction of sp³-hybridized carbons (Fsp3) is 0.526. The second-order valence-corrected chi connectivity index (χ2v) is 7.97. The maximum absolute atomic E-state index is 12.8. The molecule has 2 aliphatic carbocycles. The van der Waals surface area contributed by atoms with E-state index in [9.17, 15) is 14.4 Å². The van der Waals surface area contributed by atoms with Gasteiger partial charge in [-0.2, -0.15) is 0 Å². The van der Waals surface area contributed by atoms with Crippen molar-refractivity contribution in [2.75, 3.05) is 5.32 Å². The first kappa shape index (κ1) is 16.6. The van der Waals surface area contributed by atoms with E-state index in [0.717, 1.165) is 24.8 Å². The molecule has 4 rings (SSSR count). The Morgan fingerprint density at radius 1 is 1.20 bits per heavy atom. The predicted octanol–water partition coefficient (Wildman–Crippen LogP) is 3.01. The summed E-state index contributed by atoms with van der Waals surface area (Å²) in [6.45, 7) is 3.50. The number of carbonyl (C=O) groups excluding carboxylic acids is 3. The number of halogens is 1. The van der Waals surface area contributed by atoms with Crippen LogP contribution in [0.3, 0.4) is 0 Å². The Kier molecular flexibility index (Phi) is 3.87. The molecule has 5 atom stereocenters. The second kappa shape index (κ2) is 5.84. The van der Waals surface area contributed by atoms with Crippen LogP contribution in [0.1, 0.15) is 31.7 Å². The molecular weight excluding hydrogens is 340 g/mol. The van der Waals surface area contributed by atoms with Crippen molar-refractivity contribution in [2.24, 2.45) is 23.7 Å². The highest BCUT2D eigenvalue weighted by atomic mass is 35.5. The van der Waals surface area contributed by atoms with E-state index < -0.39 is 6.04 Å². The quantitative estimate of drug-likeness (QED) is 0.842. The average molecular weight is 361 g/mol. The third-order valence-corrected chi connectivity index (χ3v) is 6.57. The summed E-state index contributed by atoms with van der Waals surface area (Å²) in [6, 6.07) is 4.43. The van der Waals surface area contributed by atoms with E-state index in [0.29, 0.717) is 22.5 Å². The van der Waals surface area contributed by atoms with Gasteiger partial charge in [-0.25, -0.2) is 0 Å². The largest absolute Gasteiger partial charge is 0.324 e. The van der Waals surface area contributed by atoms with Crippen LogP contribution < -0.4 is 5.32 Å². The van der Waals surface area contributed by atoms with Crippen LogP contribution >= 0.6 is 11.6 Å². The van der Waals surface area contributed by atoms with Crippen molar-refractivity contribution in [3.05, 3.63) is 28.8 Å². The molecule has 0 unspecified atom stereocenters. The van der Waals surface area contributed by atoms with Crippen molar-refractivity contribution in [1.29, 1.82) is 0 Å². The van der Waals surface area contributed by atoms with Gasteiger partial charge in [-0.3, -0.25) is 19.3 Å². The molecule has 0 radical (unpaired) electrons. The minimum Gasteiger partial charge on any atom is -0.324 e. The molecule has 1 aromatic rings. The lowest BCUT2D eigenvalue weighted by molar-refractivity contribution is -0.146. The molecule has 2 bridgehead atoms. The molecule has 6 heteroatoms. The monoisotopic (exact) mass is 360 g/mol. The Morgan fingerprint density at radius 2 is 1.80 bits per heavy atom. The van der Waals surface area contributed by atoms with Crippen LogP contribution in [0.5, 0.6) is 0 Å². The summed E-state index contributed by atoms with van der Waals surface area (Å²) in [5.74, 6) is -0.441. The molecule has 132 valence electrons. The lowest BCUT2D eigenvalue weighted by Crippen LogP contribution is -2.46. The molecule has 1 heterocycles. The van der Waals surface area contributed by atoms with Gasteiger partial charge in [-0.15, -0.1) is 0 Å². The third-order valence-electron chi connectivity index (χ3n) is 6.17. The Balaban J connectivity index is 1.51. The number of anilines is 1. The van der Waals surface area contributed by atoms with E-state index in [1.807, 2.05) is 13.0 Å². The first-order valence-electron chi connectivity index (χ1n) is 8.82. The van der Waals surface area contributed by atoms with E-state index in [-0.39, 0.29) is 29.6 Å². The number of rotatable bonds is 3. The van der Waals surface area contributed by atoms with Gasteiger partial charge in [0.15, 0.2) is 0 Å². The van der Waals surface area contributed by atoms with Crippen molar-refractivity contribution in [3.63, 3.8) is 0 Å². The number of hydrogen-bond acceptors (Lipinski definition) is 3. The van der Waals surface area contributed by atoms with Crippen LogP contribution in [0.25, 0.3) is 0 Å². The van der Waals surface area contributed by atoms with Crippen molar-refractivity contribution in [3.8, 4) is 0 Å². The maximum Gasteiger partial charge on any atom is 0.247 e. The number of nitrogens with one attached hydrogen (secondary N) is 1. The van der Waals surface area contributed by atoms with E-state index in [1.54, 1.807) is 19.1 Å². The summed E-state index contributed by atoms with van der Waals surface area (Å²) >= 11 is 6.08. The minimum atomic E-state index is -0.815. The number of hydrogen-bond donors (Lipinski definition) is 1. The van der Waals surface area contributed by atoms with Gasteiger partial charge in [0.05, 0.1) is 11.8 Å². The van der Waals surface area contributed by atoms with Gasteiger partial charge in [0, 0.05) is 10.7 Å². The van der Waals surface area contributed by atoms with Gasteiger partial charge >= 0.3 is 0 Å². The number of nitrogens with zero attached hydrogens (tertiary/aromatic N) is 1. The first-order valence-corrected chi connectivity index (χ1v) is 9.20. The molecule has 5 nitrogen and oxygen atoms in total. The van der Waals surface area contributed by atoms with E-state index in [4.69, 9.17) is 11.6 Å². The number of likely N-dealkylation sites (tertiary alicyclic amines) is 1. The predicted molar refractivity (Wildman–Crippen MR) is 93.9 cm³/mol. The van der Waals surface area contributed by atoms with Gasteiger partial charge in [0.25, 0.3) is 0 Å². The highest BCUT2D eigenvalue weighted by Gasteiger charge is 2.62. The summed E-state index contributed by atoms with van der Waals surface area (Å²) in [4.78, 5) is 39.4. The van der Waals surface area contributed by atoms with Crippen molar-refractivity contribution < 1.29 is 14.4 Å². The van der Waals surface area contributed by atoms with Crippen LogP contribution in [-0.2, 0) is 14.4 Å². The van der Waals surface area contributed by atoms with Crippen LogP contribution in [0.2, 0.25) is 5.02 Å². The molecular formula is C19H21ClN2O3. The van der Waals surface area contributed by atoms with Crippen LogP contribution in [-0.4, -0.2) is 28.7 Å². The molecule has 2 saturated carbocycles. The molecule has 1 aliphatic heterocycles. The summed E-state index contributed by atoms with van der Waals surface area (Å²) < 4.78 is 0. The SMILES string of the molecule is Cc1ccc(NC(=O)[C@H](C)N2C(=O)[C@@H]3[C@@H]4CC[C@H](C4)[C@@H]3C2=O)cc1Cl. The highest BCUT2D eigenvalue weighted by Crippen LogP contribution is 2.56. The van der Waals surface area contributed by atoms with Gasteiger partial charge in [0.2, 0.25) is 17.7 Å². The van der Waals surface area contributed by atoms with Gasteiger partial charge in [0.1, 0.15) is 6.04 Å². The number of carbonyl (C=O) groups is 3. The normalized spacial score (nSPS) is 31.4. The molecule has 1 N–H and O–H groups in total. The summed E-state index contributed by atoms with van der Waals surface area (Å²) in [7, 11) is 0. The summed E-state index contributed by atoms with van der Waals surface area (Å²) in [5.41, 5.74) is 1.48. The Bertz CT molecular complexity index is 750. The molecule has 1 aromatic carbocycles. The number of fused-ring (bicyclic) bond motifs is 5. The minimum absolute atomic E-state index is 0.160. The third kappa shape index (κ3) is 2.48. The van der Waals surface area contributed by atoms with Crippen molar-refractivity contribution >= 4 is 35.0 Å². The zero-order valence-electron chi connectivity index (χ0n) is 14.3. The highest BCUT2D eigenvalue weighted by molar-refractivity contribution is 6.31. The van der Waals surface area contributed by atoms with E-state index >= 15 is 0 Å². The maximum atomic E-state index is 12.8. The molecule has 0 spiro atoms. The number of aryl methyl sites for hydroxylation is 1. The van der Waals surface area contributed by atoms with Crippen LogP contribution in [0.4, 0.5) is 5.69 Å². The van der Waals surface area contributed by atoms with Gasteiger partial charge in [-0.1, -0.05) is 17.7 Å². The molecule has 1 saturated heterocycles. The molecule has 3 fully saturated rings. The molecule has 25 heavy (non-hydrogen) atoms. The number of amides is 3. The Morgan fingerprint density at radius 3 is 2.36 bits per heavy atom. The van der Waals surface area contributed by atoms with Crippen molar-refractivity contribution in [2.45, 2.75) is 39.2 Å². The molecule has 0 aromatic heterocycles. The fourth-order valence-electron chi connectivity index (χ4n) is 4.85. The van der Waals surface area contributed by atoms with E-state index in [2.05, 4.69) is 5.32 Å². The zero-order chi connectivity index (χ0) is 17.9. The topological polar surface area (TPSA) is 66.5 Å². The number of benzene rings is 1. The molecule has 3 amide bonds.